The molecule has 1 heterocycles. The molecule has 0 aliphatic carbocycles. The lowest BCUT2D eigenvalue weighted by Gasteiger charge is -2.11. The van der Waals surface area contributed by atoms with Gasteiger partial charge in [0.05, 0.1) is 17.6 Å². The summed E-state index contributed by atoms with van der Waals surface area (Å²) in [5.41, 5.74) is 1.20. The van der Waals surface area contributed by atoms with Crippen LogP contribution in [-0.2, 0) is 12.7 Å². The van der Waals surface area contributed by atoms with Crippen LogP contribution in [0.25, 0.3) is 5.69 Å². The predicted octanol–water partition coefficient (Wildman–Crippen LogP) is 3.26. The van der Waals surface area contributed by atoms with Gasteiger partial charge in [0.15, 0.2) is 0 Å². The smallest absolute Gasteiger partial charge is 0.306 e. The highest BCUT2D eigenvalue weighted by atomic mass is 19.4. The van der Waals surface area contributed by atoms with Gasteiger partial charge in [-0.05, 0) is 44.8 Å². The first-order valence-corrected chi connectivity index (χ1v) is 6.12. The Labute approximate surface area is 115 Å². The van der Waals surface area contributed by atoms with E-state index in [-0.39, 0.29) is 0 Å². The number of imidazole rings is 1. The molecule has 20 heavy (non-hydrogen) atoms. The summed E-state index contributed by atoms with van der Waals surface area (Å²) in [5.74, 6) is 0. The van der Waals surface area contributed by atoms with Gasteiger partial charge in [-0.2, -0.15) is 13.2 Å². The molecular formula is C14H16F3N3. The summed E-state index contributed by atoms with van der Waals surface area (Å²) in [6.07, 6.45) is -1.06. The van der Waals surface area contributed by atoms with Crippen LogP contribution in [0.2, 0.25) is 0 Å². The zero-order valence-electron chi connectivity index (χ0n) is 11.6. The third kappa shape index (κ3) is 3.39. The highest BCUT2D eigenvalue weighted by Gasteiger charge is 2.31. The van der Waals surface area contributed by atoms with E-state index in [1.807, 2.05) is 19.0 Å². The average Bonchev–Trinajstić information content (AvgIpc) is 2.74. The lowest BCUT2D eigenvalue weighted by molar-refractivity contribution is -0.137. The van der Waals surface area contributed by atoms with Crippen molar-refractivity contribution in [2.24, 2.45) is 0 Å². The van der Waals surface area contributed by atoms with Crippen molar-refractivity contribution in [2.75, 3.05) is 14.1 Å². The van der Waals surface area contributed by atoms with Crippen molar-refractivity contribution in [3.63, 3.8) is 0 Å². The Hall–Kier alpha value is -1.82. The molecule has 0 spiro atoms. The minimum absolute atomic E-state index is 0.467. The maximum Gasteiger partial charge on any atom is 0.416 e. The van der Waals surface area contributed by atoms with Crippen LogP contribution in [-0.4, -0.2) is 28.5 Å². The SMILES string of the molecule is Cc1cc(-n2cnc(CN(C)C)c2)cc(C(F)(F)F)c1. The van der Waals surface area contributed by atoms with Crippen LogP contribution < -0.4 is 0 Å². The second-order valence-corrected chi connectivity index (χ2v) is 5.07. The number of aryl methyl sites for hydroxylation is 1. The summed E-state index contributed by atoms with van der Waals surface area (Å²) in [6, 6.07) is 3.98. The summed E-state index contributed by atoms with van der Waals surface area (Å²) in [4.78, 5) is 6.14. The van der Waals surface area contributed by atoms with Gasteiger partial charge in [0.1, 0.15) is 0 Å². The fraction of sp³-hybridized carbons (Fsp3) is 0.357. The quantitative estimate of drug-likeness (QED) is 0.862. The van der Waals surface area contributed by atoms with E-state index in [9.17, 15) is 13.2 Å². The number of benzene rings is 1. The number of halogens is 3. The molecule has 0 amide bonds. The molecule has 0 saturated carbocycles. The Morgan fingerprint density at radius 3 is 2.50 bits per heavy atom. The molecular weight excluding hydrogens is 267 g/mol. The summed E-state index contributed by atoms with van der Waals surface area (Å²) >= 11 is 0. The first kappa shape index (κ1) is 14.6. The maximum absolute atomic E-state index is 12.8. The molecule has 2 aromatic rings. The van der Waals surface area contributed by atoms with Crippen LogP contribution >= 0.6 is 0 Å². The van der Waals surface area contributed by atoms with Crippen molar-refractivity contribution in [3.05, 3.63) is 47.5 Å². The highest BCUT2D eigenvalue weighted by molar-refractivity contribution is 5.41. The number of nitrogens with zero attached hydrogens (tertiary/aromatic N) is 3. The largest absolute Gasteiger partial charge is 0.416 e. The number of aromatic nitrogens is 2. The Bertz CT molecular complexity index is 600. The van der Waals surface area contributed by atoms with Crippen molar-refractivity contribution >= 4 is 0 Å². The molecule has 1 aromatic heterocycles. The molecule has 0 unspecified atom stereocenters. The summed E-state index contributed by atoms with van der Waals surface area (Å²) < 4.78 is 40.0. The van der Waals surface area contributed by atoms with Crippen molar-refractivity contribution < 1.29 is 13.2 Å². The van der Waals surface area contributed by atoms with Gasteiger partial charge in [0.2, 0.25) is 0 Å². The first-order chi connectivity index (χ1) is 9.25. The molecule has 0 aliphatic rings. The fourth-order valence-electron chi connectivity index (χ4n) is 1.99. The molecule has 0 aliphatic heterocycles. The van der Waals surface area contributed by atoms with Crippen LogP contribution in [0.15, 0.2) is 30.7 Å². The van der Waals surface area contributed by atoms with E-state index in [4.69, 9.17) is 0 Å². The molecule has 1 aromatic carbocycles. The van der Waals surface area contributed by atoms with E-state index in [0.717, 1.165) is 17.8 Å². The molecule has 0 bridgehead atoms. The number of hydrogen-bond donors (Lipinski definition) is 0. The Balaban J connectivity index is 2.37. The van der Waals surface area contributed by atoms with E-state index in [1.54, 1.807) is 23.8 Å². The minimum Gasteiger partial charge on any atom is -0.306 e. The van der Waals surface area contributed by atoms with Crippen LogP contribution in [0.4, 0.5) is 13.2 Å². The molecule has 0 N–H and O–H groups in total. The Kier molecular flexibility index (Phi) is 3.85. The summed E-state index contributed by atoms with van der Waals surface area (Å²) in [5, 5.41) is 0. The van der Waals surface area contributed by atoms with E-state index < -0.39 is 11.7 Å². The second-order valence-electron chi connectivity index (χ2n) is 5.07. The molecule has 0 radical (unpaired) electrons. The minimum atomic E-state index is -4.34. The molecule has 0 saturated heterocycles. The normalized spacial score (nSPS) is 12.2. The van der Waals surface area contributed by atoms with E-state index in [2.05, 4.69) is 4.98 Å². The van der Waals surface area contributed by atoms with Gasteiger partial charge < -0.3 is 9.47 Å². The summed E-state index contributed by atoms with van der Waals surface area (Å²) in [7, 11) is 3.82. The monoisotopic (exact) mass is 283 g/mol. The standard InChI is InChI=1S/C14H16F3N3/c1-10-4-11(14(15,16)17)6-13(5-10)20-8-12(18-9-20)7-19(2)3/h4-6,8-9H,7H2,1-3H3. The lowest BCUT2D eigenvalue weighted by Crippen LogP contribution is -2.10. The van der Waals surface area contributed by atoms with Crippen LogP contribution in [0, 0.1) is 6.92 Å². The Morgan fingerprint density at radius 1 is 1.20 bits per heavy atom. The van der Waals surface area contributed by atoms with Gasteiger partial charge in [-0.3, -0.25) is 0 Å². The van der Waals surface area contributed by atoms with Crippen molar-refractivity contribution in [3.8, 4) is 5.69 Å². The van der Waals surface area contributed by atoms with Crippen LogP contribution in [0.1, 0.15) is 16.8 Å². The first-order valence-electron chi connectivity index (χ1n) is 6.12. The van der Waals surface area contributed by atoms with E-state index in [0.29, 0.717) is 17.8 Å². The molecule has 0 fully saturated rings. The lowest BCUT2D eigenvalue weighted by atomic mass is 10.1. The highest BCUT2D eigenvalue weighted by Crippen LogP contribution is 2.31. The number of rotatable bonds is 3. The van der Waals surface area contributed by atoms with Gasteiger partial charge in [-0.15, -0.1) is 0 Å². The molecule has 108 valence electrons. The Morgan fingerprint density at radius 2 is 1.90 bits per heavy atom. The third-order valence-corrected chi connectivity index (χ3v) is 2.80. The number of hydrogen-bond acceptors (Lipinski definition) is 2. The van der Waals surface area contributed by atoms with Crippen molar-refractivity contribution in [1.29, 1.82) is 0 Å². The molecule has 3 nitrogen and oxygen atoms in total. The number of alkyl halides is 3. The average molecular weight is 283 g/mol. The van der Waals surface area contributed by atoms with Gasteiger partial charge >= 0.3 is 6.18 Å². The predicted molar refractivity (Wildman–Crippen MR) is 70.7 cm³/mol. The van der Waals surface area contributed by atoms with Gasteiger partial charge in [0.25, 0.3) is 0 Å². The zero-order chi connectivity index (χ0) is 14.9. The fourth-order valence-corrected chi connectivity index (χ4v) is 1.99. The van der Waals surface area contributed by atoms with Crippen LogP contribution in [0.3, 0.4) is 0 Å². The molecule has 2 rings (SSSR count). The van der Waals surface area contributed by atoms with Gasteiger partial charge in [-0.1, -0.05) is 0 Å². The topological polar surface area (TPSA) is 21.1 Å². The third-order valence-electron chi connectivity index (χ3n) is 2.80. The van der Waals surface area contributed by atoms with Crippen molar-refractivity contribution in [2.45, 2.75) is 19.6 Å². The van der Waals surface area contributed by atoms with Gasteiger partial charge in [0, 0.05) is 18.4 Å². The maximum atomic E-state index is 12.8. The molecule has 6 heteroatoms. The van der Waals surface area contributed by atoms with Gasteiger partial charge in [-0.25, -0.2) is 4.98 Å². The van der Waals surface area contributed by atoms with Crippen LogP contribution in [0.5, 0.6) is 0 Å². The van der Waals surface area contributed by atoms with Crippen molar-refractivity contribution in [1.82, 2.24) is 14.5 Å². The second kappa shape index (κ2) is 5.28. The van der Waals surface area contributed by atoms with E-state index >= 15 is 0 Å². The van der Waals surface area contributed by atoms with E-state index in [1.165, 1.54) is 6.33 Å². The summed E-state index contributed by atoms with van der Waals surface area (Å²) in [6.45, 7) is 2.29. The molecule has 0 atom stereocenters. The zero-order valence-corrected chi connectivity index (χ0v) is 11.6.